The highest BCUT2D eigenvalue weighted by atomic mass is 16.3. The molecule has 3 N–H and O–H groups in total. The van der Waals surface area contributed by atoms with Crippen molar-refractivity contribution in [3.05, 3.63) is 53.0 Å². The van der Waals surface area contributed by atoms with Crippen molar-refractivity contribution in [2.24, 2.45) is 0 Å². The number of piperidine rings is 1. The van der Waals surface area contributed by atoms with Crippen molar-refractivity contribution in [2.75, 3.05) is 19.6 Å². The van der Waals surface area contributed by atoms with Gasteiger partial charge < -0.3 is 19.9 Å². The van der Waals surface area contributed by atoms with E-state index in [1.165, 1.54) is 0 Å². The van der Waals surface area contributed by atoms with Crippen LogP contribution in [0.25, 0.3) is 10.9 Å². The van der Waals surface area contributed by atoms with Crippen LogP contribution in [0.3, 0.4) is 0 Å². The van der Waals surface area contributed by atoms with E-state index < -0.39 is 6.10 Å². The number of nitrogens with zero attached hydrogens (tertiary/aromatic N) is 3. The minimum Gasteiger partial charge on any atom is -0.391 e. The highest BCUT2D eigenvalue weighted by Crippen LogP contribution is 2.25. The Morgan fingerprint density at radius 1 is 1.14 bits per heavy atom. The number of aliphatic hydroxyl groups is 1. The van der Waals surface area contributed by atoms with Gasteiger partial charge in [0, 0.05) is 48.2 Å². The summed E-state index contributed by atoms with van der Waals surface area (Å²) in [5.41, 5.74) is 3.53. The van der Waals surface area contributed by atoms with Crippen LogP contribution in [0.5, 0.6) is 0 Å². The summed E-state index contributed by atoms with van der Waals surface area (Å²) >= 11 is 0. The van der Waals surface area contributed by atoms with Crippen LogP contribution >= 0.6 is 0 Å². The summed E-state index contributed by atoms with van der Waals surface area (Å²) in [6.07, 6.45) is 1.65. The Kier molecular flexibility index (Phi) is 4.35. The van der Waals surface area contributed by atoms with Gasteiger partial charge >= 0.3 is 0 Å². The Hall–Kier alpha value is -3.13. The average Bonchev–Trinajstić information content (AvgIpc) is 3.36. The standard InChI is InChI=1S/C21H23N5O3/c27-14-5-3-8-25(11-14)21(29)19-15-12-26(9-7-17(15)23-24-19)20(28)18-10-13-4-1-2-6-16(13)22-18/h1-2,4,6,10,14,22,27H,3,5,7-9,11-12H2,(H,23,24)/t14-/m0/s1. The van der Waals surface area contributed by atoms with Crippen molar-refractivity contribution in [1.29, 1.82) is 0 Å². The van der Waals surface area contributed by atoms with E-state index >= 15 is 0 Å². The minimum atomic E-state index is -0.484. The van der Waals surface area contributed by atoms with E-state index in [-0.39, 0.29) is 11.8 Å². The average molecular weight is 393 g/mol. The fourth-order valence-electron chi connectivity index (χ4n) is 4.29. The third kappa shape index (κ3) is 3.19. The predicted molar refractivity (Wildman–Crippen MR) is 106 cm³/mol. The number of aromatic amines is 2. The SMILES string of the molecule is O=C(c1cc2ccccc2[nH]1)N1CCc2[nH]nc(C(=O)N3CCC[C@H](O)C3)c2C1. The maximum absolute atomic E-state index is 13.1. The summed E-state index contributed by atoms with van der Waals surface area (Å²) < 4.78 is 0. The molecule has 2 amide bonds. The molecule has 2 aliphatic heterocycles. The molecule has 1 atom stereocenters. The molecule has 8 nitrogen and oxygen atoms in total. The summed E-state index contributed by atoms with van der Waals surface area (Å²) in [4.78, 5) is 32.6. The Morgan fingerprint density at radius 2 is 2.00 bits per heavy atom. The van der Waals surface area contributed by atoms with Crippen molar-refractivity contribution in [3.63, 3.8) is 0 Å². The molecule has 0 aliphatic carbocycles. The van der Waals surface area contributed by atoms with Gasteiger partial charge in [-0.3, -0.25) is 14.7 Å². The van der Waals surface area contributed by atoms with Crippen LogP contribution in [-0.4, -0.2) is 67.6 Å². The fourth-order valence-corrected chi connectivity index (χ4v) is 4.29. The second kappa shape index (κ2) is 7.04. The molecule has 0 unspecified atom stereocenters. The molecule has 4 heterocycles. The number of para-hydroxylation sites is 1. The topological polar surface area (TPSA) is 105 Å². The van der Waals surface area contributed by atoms with Crippen molar-refractivity contribution < 1.29 is 14.7 Å². The zero-order valence-electron chi connectivity index (χ0n) is 16.0. The van der Waals surface area contributed by atoms with E-state index in [0.717, 1.165) is 35.0 Å². The number of carbonyl (C=O) groups excluding carboxylic acids is 2. The first-order valence-corrected chi connectivity index (χ1v) is 10.0. The Bertz CT molecular complexity index is 1050. The molecule has 2 aliphatic rings. The van der Waals surface area contributed by atoms with Gasteiger partial charge in [0.15, 0.2) is 5.69 Å². The van der Waals surface area contributed by atoms with Gasteiger partial charge in [-0.2, -0.15) is 5.10 Å². The van der Waals surface area contributed by atoms with Crippen LogP contribution in [0.15, 0.2) is 30.3 Å². The summed E-state index contributed by atoms with van der Waals surface area (Å²) in [5, 5.41) is 18.1. The number of hydrogen-bond acceptors (Lipinski definition) is 4. The lowest BCUT2D eigenvalue weighted by atomic mass is 10.0. The normalized spacial score (nSPS) is 19.4. The van der Waals surface area contributed by atoms with E-state index in [9.17, 15) is 14.7 Å². The first kappa shape index (κ1) is 17.9. The maximum Gasteiger partial charge on any atom is 0.274 e. The van der Waals surface area contributed by atoms with Crippen molar-refractivity contribution in [3.8, 4) is 0 Å². The number of aromatic nitrogens is 3. The molecule has 0 saturated carbocycles. The third-order valence-corrected chi connectivity index (χ3v) is 5.87. The van der Waals surface area contributed by atoms with Crippen LogP contribution in [-0.2, 0) is 13.0 Å². The van der Waals surface area contributed by atoms with E-state index in [1.54, 1.807) is 9.80 Å². The van der Waals surface area contributed by atoms with Crippen LogP contribution in [0.2, 0.25) is 0 Å². The van der Waals surface area contributed by atoms with Gasteiger partial charge in [-0.05, 0) is 25.0 Å². The van der Waals surface area contributed by atoms with E-state index in [0.29, 0.717) is 44.0 Å². The van der Waals surface area contributed by atoms with Gasteiger partial charge in [0.2, 0.25) is 0 Å². The molecule has 1 aromatic carbocycles. The Balaban J connectivity index is 1.38. The quantitative estimate of drug-likeness (QED) is 0.616. The molecule has 0 radical (unpaired) electrons. The number of carbonyl (C=O) groups is 2. The summed E-state index contributed by atoms with van der Waals surface area (Å²) in [6, 6.07) is 9.65. The third-order valence-electron chi connectivity index (χ3n) is 5.87. The van der Waals surface area contributed by atoms with Gasteiger partial charge in [-0.1, -0.05) is 18.2 Å². The molecular weight excluding hydrogens is 370 g/mol. The monoisotopic (exact) mass is 393 g/mol. The molecule has 8 heteroatoms. The van der Waals surface area contributed by atoms with Crippen LogP contribution in [0, 0.1) is 0 Å². The smallest absolute Gasteiger partial charge is 0.274 e. The Labute approximate surface area is 167 Å². The lowest BCUT2D eigenvalue weighted by Crippen LogP contribution is -2.43. The fraction of sp³-hybridized carbons (Fsp3) is 0.381. The number of H-pyrrole nitrogens is 2. The number of β-amino-alcohol motifs (C(OH)–C–C–N with tert-alkyl or cyclic N) is 1. The lowest BCUT2D eigenvalue weighted by molar-refractivity contribution is 0.0466. The minimum absolute atomic E-state index is 0.0835. The van der Waals surface area contributed by atoms with Crippen LogP contribution < -0.4 is 0 Å². The molecule has 0 spiro atoms. The van der Waals surface area contributed by atoms with Gasteiger partial charge in [0.25, 0.3) is 11.8 Å². The number of rotatable bonds is 2. The van der Waals surface area contributed by atoms with Crippen molar-refractivity contribution in [2.45, 2.75) is 31.9 Å². The molecule has 3 aromatic rings. The van der Waals surface area contributed by atoms with Gasteiger partial charge in [-0.25, -0.2) is 0 Å². The van der Waals surface area contributed by atoms with E-state index in [1.807, 2.05) is 30.3 Å². The lowest BCUT2D eigenvalue weighted by Gasteiger charge is -2.31. The van der Waals surface area contributed by atoms with Crippen LogP contribution in [0.1, 0.15) is 45.1 Å². The largest absolute Gasteiger partial charge is 0.391 e. The maximum atomic E-state index is 13.1. The molecule has 0 bridgehead atoms. The number of amides is 2. The zero-order chi connectivity index (χ0) is 20.0. The summed E-state index contributed by atoms with van der Waals surface area (Å²) in [5.74, 6) is -0.263. The summed E-state index contributed by atoms with van der Waals surface area (Å²) in [7, 11) is 0. The van der Waals surface area contributed by atoms with Gasteiger partial charge in [0.05, 0.1) is 12.6 Å². The Morgan fingerprint density at radius 3 is 2.83 bits per heavy atom. The second-order valence-corrected chi connectivity index (χ2v) is 7.82. The number of hydrogen-bond donors (Lipinski definition) is 3. The molecule has 1 saturated heterocycles. The van der Waals surface area contributed by atoms with Crippen molar-refractivity contribution >= 4 is 22.7 Å². The molecule has 2 aromatic heterocycles. The zero-order valence-corrected chi connectivity index (χ0v) is 16.0. The van der Waals surface area contributed by atoms with E-state index in [4.69, 9.17) is 0 Å². The second-order valence-electron chi connectivity index (χ2n) is 7.82. The number of likely N-dealkylation sites (tertiary alicyclic amines) is 1. The first-order valence-electron chi connectivity index (χ1n) is 10.0. The number of benzene rings is 1. The summed E-state index contributed by atoms with van der Waals surface area (Å²) in [6.45, 7) is 1.87. The first-order chi connectivity index (χ1) is 14.1. The molecule has 29 heavy (non-hydrogen) atoms. The van der Waals surface area contributed by atoms with Crippen LogP contribution in [0.4, 0.5) is 0 Å². The molecule has 150 valence electrons. The highest BCUT2D eigenvalue weighted by Gasteiger charge is 2.32. The number of nitrogens with one attached hydrogen (secondary N) is 2. The highest BCUT2D eigenvalue weighted by molar-refractivity contribution is 5.98. The van der Waals surface area contributed by atoms with Crippen molar-refractivity contribution in [1.82, 2.24) is 25.0 Å². The molecular formula is C21H23N5O3. The number of aliphatic hydroxyl groups excluding tert-OH is 1. The molecule has 5 rings (SSSR count). The van der Waals surface area contributed by atoms with E-state index in [2.05, 4.69) is 15.2 Å². The number of fused-ring (bicyclic) bond motifs is 2. The van der Waals surface area contributed by atoms with Gasteiger partial charge in [0.1, 0.15) is 5.69 Å². The molecule has 1 fully saturated rings. The van der Waals surface area contributed by atoms with Gasteiger partial charge in [-0.15, -0.1) is 0 Å². The predicted octanol–water partition coefficient (Wildman–Crippen LogP) is 1.69.